The van der Waals surface area contributed by atoms with Gasteiger partial charge in [-0.15, -0.1) is 0 Å². The number of rotatable bonds is 5. The van der Waals surface area contributed by atoms with Crippen LogP contribution in [0.3, 0.4) is 0 Å². The van der Waals surface area contributed by atoms with Gasteiger partial charge in [-0.3, -0.25) is 9.59 Å². The molecule has 1 saturated carbocycles. The third-order valence-corrected chi connectivity index (χ3v) is 5.54. The number of halogens is 3. The van der Waals surface area contributed by atoms with E-state index in [1.165, 1.54) is 6.42 Å². The average Bonchev–Trinajstić information content (AvgIpc) is 2.68. The molecular weight excluding hydrogens is 381 g/mol. The number of alkyl halides is 3. The highest BCUT2D eigenvalue weighted by atomic mass is 19.4. The van der Waals surface area contributed by atoms with Crippen LogP contribution >= 0.6 is 0 Å². The number of nitrogens with one attached hydrogen (secondary N) is 2. The quantitative estimate of drug-likeness (QED) is 0.722. The molecule has 3 rings (SSSR count). The lowest BCUT2D eigenvalue weighted by molar-refractivity contribution is -0.141. The van der Waals surface area contributed by atoms with Gasteiger partial charge in [0, 0.05) is 0 Å². The minimum absolute atomic E-state index is 0.298. The van der Waals surface area contributed by atoms with Crippen LogP contribution in [0.1, 0.15) is 71.7 Å². The van der Waals surface area contributed by atoms with Crippen LogP contribution in [-0.2, 0) is 6.18 Å². The van der Waals surface area contributed by atoms with Gasteiger partial charge in [0.2, 0.25) is 0 Å². The standard InChI is InChI=1S/C22H25F3N2O2/c1-14-7-9-16(10-8-14)18(13-15-5-3-2-4-6-15)26-20(28)17-11-12-19(22(23,24)25)27-21(17)29/h7-12,15,18H,2-6,13H2,1H3,(H,26,28)(H,27,29). The van der Waals surface area contributed by atoms with E-state index < -0.39 is 23.3 Å². The fraction of sp³-hybridized carbons (Fsp3) is 0.455. The first kappa shape index (κ1) is 21.1. The number of H-pyrrole nitrogens is 1. The van der Waals surface area contributed by atoms with Crippen molar-refractivity contribution in [3.8, 4) is 0 Å². The molecule has 29 heavy (non-hydrogen) atoms. The maximum Gasteiger partial charge on any atom is 0.431 e. The molecule has 1 heterocycles. The van der Waals surface area contributed by atoms with Crippen LogP contribution in [0.5, 0.6) is 0 Å². The van der Waals surface area contributed by atoms with Crippen molar-refractivity contribution < 1.29 is 18.0 Å². The molecule has 2 N–H and O–H groups in total. The fourth-order valence-corrected chi connectivity index (χ4v) is 3.89. The fourth-order valence-electron chi connectivity index (χ4n) is 3.89. The molecule has 1 aliphatic rings. The molecule has 156 valence electrons. The number of aromatic nitrogens is 1. The van der Waals surface area contributed by atoms with Crippen LogP contribution in [0.2, 0.25) is 0 Å². The molecule has 1 amide bonds. The zero-order valence-corrected chi connectivity index (χ0v) is 16.3. The second-order valence-electron chi connectivity index (χ2n) is 7.79. The molecule has 7 heteroatoms. The number of hydrogen-bond donors (Lipinski definition) is 2. The molecule has 0 bridgehead atoms. The highest BCUT2D eigenvalue weighted by Crippen LogP contribution is 2.32. The van der Waals surface area contributed by atoms with Gasteiger partial charge in [0.15, 0.2) is 0 Å². The SMILES string of the molecule is Cc1ccc(C(CC2CCCCC2)NC(=O)c2ccc(C(F)(F)F)[nH]c2=O)cc1. The minimum Gasteiger partial charge on any atom is -0.345 e. The van der Waals surface area contributed by atoms with E-state index in [1.54, 1.807) is 4.98 Å². The number of amides is 1. The summed E-state index contributed by atoms with van der Waals surface area (Å²) in [5.74, 6) is -0.192. The lowest BCUT2D eigenvalue weighted by Gasteiger charge is -2.27. The second kappa shape index (κ2) is 8.84. The first-order valence-electron chi connectivity index (χ1n) is 9.92. The summed E-state index contributed by atoms with van der Waals surface area (Å²) >= 11 is 0. The van der Waals surface area contributed by atoms with Gasteiger partial charge in [-0.25, -0.2) is 0 Å². The summed E-state index contributed by atoms with van der Waals surface area (Å²) in [4.78, 5) is 26.5. The van der Waals surface area contributed by atoms with Gasteiger partial charge in [-0.05, 0) is 37.0 Å². The van der Waals surface area contributed by atoms with Crippen LogP contribution in [0.25, 0.3) is 0 Å². The summed E-state index contributed by atoms with van der Waals surface area (Å²) in [5.41, 5.74) is -0.513. The maximum absolute atomic E-state index is 12.8. The topological polar surface area (TPSA) is 62.0 Å². The largest absolute Gasteiger partial charge is 0.431 e. The molecule has 1 aromatic heterocycles. The first-order valence-corrected chi connectivity index (χ1v) is 9.92. The van der Waals surface area contributed by atoms with Crippen molar-refractivity contribution in [2.75, 3.05) is 0 Å². The molecular formula is C22H25F3N2O2. The predicted octanol–water partition coefficient (Wildman–Crippen LogP) is 5.14. The Morgan fingerprint density at radius 3 is 2.34 bits per heavy atom. The number of pyridine rings is 1. The van der Waals surface area contributed by atoms with Crippen molar-refractivity contribution in [1.29, 1.82) is 0 Å². The van der Waals surface area contributed by atoms with E-state index in [4.69, 9.17) is 0 Å². The van der Waals surface area contributed by atoms with Crippen LogP contribution < -0.4 is 10.9 Å². The lowest BCUT2D eigenvalue weighted by atomic mass is 9.83. The Hall–Kier alpha value is -2.57. The zero-order valence-electron chi connectivity index (χ0n) is 16.3. The molecule has 1 aromatic carbocycles. The molecule has 2 aromatic rings. The van der Waals surface area contributed by atoms with Gasteiger partial charge in [0.05, 0.1) is 6.04 Å². The summed E-state index contributed by atoms with van der Waals surface area (Å²) in [5, 5.41) is 2.88. The van der Waals surface area contributed by atoms with Crippen LogP contribution in [0, 0.1) is 12.8 Å². The predicted molar refractivity (Wildman–Crippen MR) is 105 cm³/mol. The molecule has 0 spiro atoms. The highest BCUT2D eigenvalue weighted by molar-refractivity contribution is 5.94. The summed E-state index contributed by atoms with van der Waals surface area (Å²) in [6.45, 7) is 1.97. The Morgan fingerprint density at radius 2 is 1.76 bits per heavy atom. The summed E-state index contributed by atoms with van der Waals surface area (Å²) in [7, 11) is 0. The average molecular weight is 406 g/mol. The van der Waals surface area contributed by atoms with Gasteiger partial charge in [0.1, 0.15) is 11.3 Å². The number of aryl methyl sites for hydroxylation is 1. The molecule has 0 aliphatic heterocycles. The van der Waals surface area contributed by atoms with Crippen molar-refractivity contribution >= 4 is 5.91 Å². The second-order valence-corrected chi connectivity index (χ2v) is 7.79. The van der Waals surface area contributed by atoms with Gasteiger partial charge in [0.25, 0.3) is 11.5 Å². The van der Waals surface area contributed by atoms with E-state index in [1.807, 2.05) is 31.2 Å². The van der Waals surface area contributed by atoms with E-state index in [2.05, 4.69) is 5.32 Å². The van der Waals surface area contributed by atoms with E-state index in [0.717, 1.165) is 55.4 Å². The van der Waals surface area contributed by atoms with Gasteiger partial charge < -0.3 is 10.3 Å². The summed E-state index contributed by atoms with van der Waals surface area (Å²) in [6.07, 6.45) is 1.82. The molecule has 1 aliphatic carbocycles. The zero-order chi connectivity index (χ0) is 21.0. The van der Waals surface area contributed by atoms with Crippen molar-refractivity contribution in [2.45, 2.75) is 57.7 Å². The van der Waals surface area contributed by atoms with Gasteiger partial charge >= 0.3 is 6.18 Å². The number of benzene rings is 1. The highest BCUT2D eigenvalue weighted by Gasteiger charge is 2.32. The Kier molecular flexibility index (Phi) is 6.45. The molecule has 4 nitrogen and oxygen atoms in total. The Balaban J connectivity index is 1.81. The Labute approximate surface area is 167 Å². The van der Waals surface area contributed by atoms with Crippen molar-refractivity contribution in [2.24, 2.45) is 5.92 Å². The smallest absolute Gasteiger partial charge is 0.345 e. The van der Waals surface area contributed by atoms with E-state index in [-0.39, 0.29) is 11.6 Å². The third-order valence-electron chi connectivity index (χ3n) is 5.54. The number of aromatic amines is 1. The maximum atomic E-state index is 12.8. The molecule has 1 atom stereocenters. The number of carbonyl (C=O) groups excluding carboxylic acids is 1. The van der Waals surface area contributed by atoms with Crippen molar-refractivity contribution in [3.63, 3.8) is 0 Å². The van der Waals surface area contributed by atoms with Crippen molar-refractivity contribution in [1.82, 2.24) is 10.3 Å². The summed E-state index contributed by atoms with van der Waals surface area (Å²) < 4.78 is 38.3. The minimum atomic E-state index is -4.67. The van der Waals surface area contributed by atoms with Crippen molar-refractivity contribution in [3.05, 3.63) is 69.1 Å². The van der Waals surface area contributed by atoms with Crippen LogP contribution in [0.4, 0.5) is 13.2 Å². The van der Waals surface area contributed by atoms with Crippen LogP contribution in [0.15, 0.2) is 41.2 Å². The number of hydrogen-bond acceptors (Lipinski definition) is 2. The molecule has 1 fully saturated rings. The summed E-state index contributed by atoms with van der Waals surface area (Å²) in [6, 6.07) is 9.16. The normalized spacial score (nSPS) is 16.4. The van der Waals surface area contributed by atoms with E-state index >= 15 is 0 Å². The molecule has 1 unspecified atom stereocenters. The van der Waals surface area contributed by atoms with Gasteiger partial charge in [-0.2, -0.15) is 13.2 Å². The monoisotopic (exact) mass is 406 g/mol. The van der Waals surface area contributed by atoms with E-state index in [9.17, 15) is 22.8 Å². The van der Waals surface area contributed by atoms with E-state index in [0.29, 0.717) is 5.92 Å². The first-order chi connectivity index (χ1) is 13.7. The lowest BCUT2D eigenvalue weighted by Crippen LogP contribution is -2.34. The van der Waals surface area contributed by atoms with Crippen LogP contribution in [-0.4, -0.2) is 10.9 Å². The Morgan fingerprint density at radius 1 is 1.10 bits per heavy atom. The Bertz CT molecular complexity index is 898. The van der Waals surface area contributed by atoms with Gasteiger partial charge in [-0.1, -0.05) is 61.9 Å². The number of carbonyl (C=O) groups is 1. The molecule has 0 saturated heterocycles. The third kappa shape index (κ3) is 5.49. The molecule has 0 radical (unpaired) electrons.